The summed E-state index contributed by atoms with van der Waals surface area (Å²) >= 11 is 0. The van der Waals surface area contributed by atoms with Crippen molar-refractivity contribution in [2.45, 2.75) is 55.1 Å². The molecule has 41 heavy (non-hydrogen) atoms. The number of methoxy groups -OCH3 is 1. The standard InChI is InChI=1S/C27H30O14/c1-37-16-7-13(31)18-12(30)6-15(10-2-4-11(29)5-3-10)39-24(18)19(16)25-26(20(33)14(32)9-38-25)41-27-23(36)22(35)21(34)17(8-28)40-27/h2-7,14,17,20-23,25-29,31-36H,8-9H2,1H3. The SMILES string of the molecule is COc1cc(O)c2c(=O)cc(-c3ccc(O)cc3)oc2c1C1OCC(O)C(O)C1OC1OC(CO)C(O)C(O)C1O. The van der Waals surface area contributed by atoms with Crippen molar-refractivity contribution in [1.29, 1.82) is 0 Å². The van der Waals surface area contributed by atoms with Gasteiger partial charge in [-0.1, -0.05) is 0 Å². The normalized spacial score (nSPS) is 32.2. The van der Waals surface area contributed by atoms with Gasteiger partial charge in [0, 0.05) is 17.7 Å². The van der Waals surface area contributed by atoms with Gasteiger partial charge in [-0.2, -0.15) is 0 Å². The van der Waals surface area contributed by atoms with Gasteiger partial charge in [0.2, 0.25) is 0 Å². The molecule has 0 bridgehead atoms. The van der Waals surface area contributed by atoms with Crippen LogP contribution in [0.5, 0.6) is 17.2 Å². The zero-order valence-electron chi connectivity index (χ0n) is 21.6. The fraction of sp³-hybridized carbons (Fsp3) is 0.444. The van der Waals surface area contributed by atoms with Gasteiger partial charge in [-0.3, -0.25) is 4.79 Å². The predicted octanol–water partition coefficient (Wildman–Crippen LogP) is -1.14. The molecule has 14 nitrogen and oxygen atoms in total. The van der Waals surface area contributed by atoms with Crippen molar-refractivity contribution in [1.82, 2.24) is 0 Å². The van der Waals surface area contributed by atoms with Crippen LogP contribution in [0.1, 0.15) is 11.7 Å². The summed E-state index contributed by atoms with van der Waals surface area (Å²) in [7, 11) is 1.27. The topological polar surface area (TPSA) is 229 Å². The Morgan fingerprint density at radius 1 is 0.951 bits per heavy atom. The maximum absolute atomic E-state index is 13.2. The Morgan fingerprint density at radius 3 is 2.32 bits per heavy atom. The van der Waals surface area contributed by atoms with Gasteiger partial charge in [-0.15, -0.1) is 0 Å². The molecule has 9 unspecified atom stereocenters. The van der Waals surface area contributed by atoms with Crippen LogP contribution in [-0.4, -0.2) is 110 Å². The third-order valence-electron chi connectivity index (χ3n) is 7.25. The van der Waals surface area contributed by atoms with Crippen molar-refractivity contribution in [2.75, 3.05) is 20.3 Å². The van der Waals surface area contributed by atoms with E-state index in [2.05, 4.69) is 0 Å². The second-order valence-corrected chi connectivity index (χ2v) is 9.85. The highest BCUT2D eigenvalue weighted by Crippen LogP contribution is 2.44. The van der Waals surface area contributed by atoms with Gasteiger partial charge in [0.1, 0.15) is 77.2 Å². The lowest BCUT2D eigenvalue weighted by atomic mass is 9.91. The van der Waals surface area contributed by atoms with E-state index in [1.165, 1.54) is 31.4 Å². The molecule has 3 heterocycles. The Hall–Kier alpha value is -3.31. The number of aliphatic hydroxyl groups is 6. The van der Waals surface area contributed by atoms with E-state index in [0.717, 1.165) is 12.1 Å². The first-order valence-corrected chi connectivity index (χ1v) is 12.7. The van der Waals surface area contributed by atoms with Gasteiger partial charge in [0.15, 0.2) is 17.3 Å². The lowest BCUT2D eigenvalue weighted by Crippen LogP contribution is -2.61. The molecule has 9 atom stereocenters. The zero-order valence-corrected chi connectivity index (χ0v) is 21.6. The molecule has 0 saturated carbocycles. The minimum Gasteiger partial charge on any atom is -0.508 e. The molecule has 14 heteroatoms. The minimum atomic E-state index is -1.84. The van der Waals surface area contributed by atoms with Crippen LogP contribution in [0.4, 0.5) is 0 Å². The fourth-order valence-corrected chi connectivity index (χ4v) is 5.05. The first-order chi connectivity index (χ1) is 19.5. The maximum atomic E-state index is 13.2. The van der Waals surface area contributed by atoms with Crippen LogP contribution in [0.15, 0.2) is 45.6 Å². The first-order valence-electron chi connectivity index (χ1n) is 12.7. The van der Waals surface area contributed by atoms with E-state index in [-0.39, 0.29) is 33.8 Å². The number of aliphatic hydroxyl groups excluding tert-OH is 6. The first kappa shape index (κ1) is 29.2. The highest BCUT2D eigenvalue weighted by molar-refractivity contribution is 5.89. The molecule has 3 aromatic rings. The molecule has 2 aliphatic rings. The third-order valence-corrected chi connectivity index (χ3v) is 7.25. The van der Waals surface area contributed by atoms with Crippen molar-refractivity contribution in [3.05, 3.63) is 52.2 Å². The summed E-state index contributed by atoms with van der Waals surface area (Å²) in [6, 6.07) is 8.06. The van der Waals surface area contributed by atoms with Crippen LogP contribution < -0.4 is 10.2 Å². The molecule has 0 spiro atoms. The number of hydrogen-bond donors (Lipinski definition) is 8. The van der Waals surface area contributed by atoms with Crippen molar-refractivity contribution in [2.24, 2.45) is 0 Å². The Balaban J connectivity index is 1.65. The third kappa shape index (κ3) is 5.25. The van der Waals surface area contributed by atoms with E-state index in [4.69, 9.17) is 23.4 Å². The molecular weight excluding hydrogens is 548 g/mol. The predicted molar refractivity (Wildman–Crippen MR) is 137 cm³/mol. The van der Waals surface area contributed by atoms with Crippen LogP contribution in [0, 0.1) is 0 Å². The molecule has 5 rings (SSSR count). The van der Waals surface area contributed by atoms with E-state index in [1.54, 1.807) is 0 Å². The second kappa shape index (κ2) is 11.5. The number of benzene rings is 2. The molecule has 1 aromatic heterocycles. The highest BCUT2D eigenvalue weighted by atomic mass is 16.7. The number of hydrogen-bond acceptors (Lipinski definition) is 14. The highest BCUT2D eigenvalue weighted by Gasteiger charge is 2.49. The van der Waals surface area contributed by atoms with Crippen molar-refractivity contribution in [3.63, 3.8) is 0 Å². The Kier molecular flexibility index (Phi) is 8.20. The summed E-state index contributed by atoms with van der Waals surface area (Å²) in [6.07, 6.45) is -14.4. The Morgan fingerprint density at radius 2 is 1.66 bits per heavy atom. The summed E-state index contributed by atoms with van der Waals surface area (Å²) in [4.78, 5) is 13.2. The van der Waals surface area contributed by atoms with E-state index < -0.39 is 79.5 Å². The maximum Gasteiger partial charge on any atom is 0.197 e. The van der Waals surface area contributed by atoms with Gasteiger partial charge in [0.25, 0.3) is 0 Å². The van der Waals surface area contributed by atoms with Crippen molar-refractivity contribution in [3.8, 4) is 28.6 Å². The molecule has 222 valence electrons. The smallest absolute Gasteiger partial charge is 0.197 e. The number of aromatic hydroxyl groups is 2. The van der Waals surface area contributed by atoms with Crippen molar-refractivity contribution < 1.29 is 64.2 Å². The molecule has 2 fully saturated rings. The summed E-state index contributed by atoms with van der Waals surface area (Å²) in [5.41, 5.74) is -0.435. The van der Waals surface area contributed by atoms with Crippen LogP contribution in [0.2, 0.25) is 0 Å². The van der Waals surface area contributed by atoms with Crippen LogP contribution >= 0.6 is 0 Å². The van der Waals surface area contributed by atoms with E-state index in [0.29, 0.717) is 5.56 Å². The zero-order chi connectivity index (χ0) is 29.6. The van der Waals surface area contributed by atoms with Gasteiger partial charge in [-0.25, -0.2) is 0 Å². The molecule has 0 radical (unpaired) electrons. The quantitative estimate of drug-likeness (QED) is 0.173. The van der Waals surface area contributed by atoms with Crippen LogP contribution in [-0.2, 0) is 14.2 Å². The molecule has 0 amide bonds. The van der Waals surface area contributed by atoms with Crippen molar-refractivity contribution >= 4 is 11.0 Å². The summed E-state index contributed by atoms with van der Waals surface area (Å²) < 4.78 is 28.6. The van der Waals surface area contributed by atoms with E-state index >= 15 is 0 Å². The summed E-state index contributed by atoms with van der Waals surface area (Å²) in [5.74, 6) is -0.487. The van der Waals surface area contributed by atoms with Gasteiger partial charge >= 0.3 is 0 Å². The molecular formula is C27H30O14. The molecule has 2 saturated heterocycles. The summed E-state index contributed by atoms with van der Waals surface area (Å²) in [6.45, 7) is -1.14. The number of phenols is 2. The molecule has 2 aliphatic heterocycles. The Labute approximate surface area is 231 Å². The van der Waals surface area contributed by atoms with Crippen LogP contribution in [0.25, 0.3) is 22.3 Å². The minimum absolute atomic E-state index is 0.00133. The molecule has 8 N–H and O–H groups in total. The van der Waals surface area contributed by atoms with Gasteiger partial charge < -0.3 is 64.2 Å². The van der Waals surface area contributed by atoms with Gasteiger partial charge in [0.05, 0.1) is 25.9 Å². The largest absolute Gasteiger partial charge is 0.508 e. The number of ether oxygens (including phenoxy) is 4. The summed E-state index contributed by atoms with van der Waals surface area (Å²) in [5, 5.41) is 81.9. The molecule has 2 aromatic carbocycles. The van der Waals surface area contributed by atoms with Crippen LogP contribution in [0.3, 0.4) is 0 Å². The van der Waals surface area contributed by atoms with E-state index in [1.807, 2.05) is 0 Å². The lowest BCUT2D eigenvalue weighted by molar-refractivity contribution is -0.336. The number of fused-ring (bicyclic) bond motifs is 1. The number of phenolic OH excluding ortho intramolecular Hbond substituents is 2. The lowest BCUT2D eigenvalue weighted by Gasteiger charge is -2.44. The monoisotopic (exact) mass is 578 g/mol. The fourth-order valence-electron chi connectivity index (χ4n) is 5.05. The average molecular weight is 579 g/mol. The van der Waals surface area contributed by atoms with E-state index in [9.17, 15) is 45.6 Å². The van der Waals surface area contributed by atoms with Gasteiger partial charge in [-0.05, 0) is 24.3 Å². The average Bonchev–Trinajstić information content (AvgIpc) is 2.96. The number of rotatable bonds is 6. The molecule has 0 aliphatic carbocycles. The second-order valence-electron chi connectivity index (χ2n) is 9.85. The Bertz CT molecular complexity index is 1440.